The quantitative estimate of drug-likeness (QED) is 0.540. The van der Waals surface area contributed by atoms with Gasteiger partial charge in [0.25, 0.3) is 0 Å². The van der Waals surface area contributed by atoms with Crippen LogP contribution >= 0.6 is 0 Å². The fraction of sp³-hybridized carbons (Fsp3) is 0.867. The molecule has 2 aliphatic carbocycles. The first-order valence-electron chi connectivity index (χ1n) is 6.68. The molecule has 15 heavy (non-hydrogen) atoms. The molecule has 0 heterocycles. The highest BCUT2D eigenvalue weighted by atomic mass is 14.5. The van der Waals surface area contributed by atoms with Crippen LogP contribution in [-0.4, -0.2) is 0 Å². The van der Waals surface area contributed by atoms with Crippen molar-refractivity contribution in [3.8, 4) is 0 Å². The Bertz CT molecular complexity index is 261. The van der Waals surface area contributed by atoms with E-state index >= 15 is 0 Å². The number of fused-ring (bicyclic) bond motifs is 1. The molecule has 86 valence electrons. The minimum Gasteiger partial charge on any atom is -0.0851 e. The van der Waals surface area contributed by atoms with E-state index in [0.29, 0.717) is 5.41 Å². The molecule has 0 spiro atoms. The van der Waals surface area contributed by atoms with Gasteiger partial charge < -0.3 is 0 Å². The number of rotatable bonds is 1. The van der Waals surface area contributed by atoms with Gasteiger partial charge >= 0.3 is 0 Å². The summed E-state index contributed by atoms with van der Waals surface area (Å²) in [5, 5.41) is 0. The third kappa shape index (κ3) is 2.00. The van der Waals surface area contributed by atoms with Crippen LogP contribution in [0.2, 0.25) is 0 Å². The van der Waals surface area contributed by atoms with E-state index in [2.05, 4.69) is 33.8 Å². The minimum absolute atomic E-state index is 0.632. The summed E-state index contributed by atoms with van der Waals surface area (Å²) in [6.45, 7) is 9.69. The van der Waals surface area contributed by atoms with Crippen molar-refractivity contribution in [3.63, 3.8) is 0 Å². The van der Waals surface area contributed by atoms with Gasteiger partial charge in [-0.05, 0) is 62.2 Å². The Morgan fingerprint density at radius 2 is 2.07 bits per heavy atom. The maximum Gasteiger partial charge on any atom is -0.0260 e. The van der Waals surface area contributed by atoms with Crippen LogP contribution in [0.3, 0.4) is 0 Å². The van der Waals surface area contributed by atoms with Crippen LogP contribution in [0.4, 0.5) is 0 Å². The lowest BCUT2D eigenvalue weighted by molar-refractivity contribution is 0.162. The molecule has 2 aliphatic rings. The molecule has 0 unspecified atom stereocenters. The lowest BCUT2D eigenvalue weighted by atomic mass is 9.71. The summed E-state index contributed by atoms with van der Waals surface area (Å²) >= 11 is 0. The summed E-state index contributed by atoms with van der Waals surface area (Å²) in [4.78, 5) is 0. The maximum absolute atomic E-state index is 2.54. The second-order valence-corrected chi connectivity index (χ2v) is 6.50. The van der Waals surface area contributed by atoms with Crippen LogP contribution in [0.1, 0.15) is 59.8 Å². The fourth-order valence-electron chi connectivity index (χ4n) is 3.91. The van der Waals surface area contributed by atoms with Gasteiger partial charge in [-0.1, -0.05) is 32.4 Å². The van der Waals surface area contributed by atoms with Gasteiger partial charge in [0, 0.05) is 0 Å². The summed E-state index contributed by atoms with van der Waals surface area (Å²) in [5.41, 5.74) is 2.26. The van der Waals surface area contributed by atoms with Crippen molar-refractivity contribution in [2.75, 3.05) is 0 Å². The summed E-state index contributed by atoms with van der Waals surface area (Å²) in [6.07, 6.45) is 9.59. The van der Waals surface area contributed by atoms with Crippen molar-refractivity contribution >= 4 is 0 Å². The van der Waals surface area contributed by atoms with E-state index in [1.54, 1.807) is 5.57 Å². The van der Waals surface area contributed by atoms with E-state index in [0.717, 1.165) is 17.8 Å². The summed E-state index contributed by atoms with van der Waals surface area (Å²) in [6, 6.07) is 0. The maximum atomic E-state index is 2.54. The Balaban J connectivity index is 2.18. The zero-order chi connectivity index (χ0) is 11.1. The smallest absolute Gasteiger partial charge is 0.0260 e. The highest BCUT2D eigenvalue weighted by Crippen LogP contribution is 2.55. The van der Waals surface area contributed by atoms with E-state index in [-0.39, 0.29) is 0 Å². The second kappa shape index (κ2) is 3.96. The number of hydrogen-bond acceptors (Lipinski definition) is 0. The average Bonchev–Trinajstić information content (AvgIpc) is 2.43. The summed E-state index contributed by atoms with van der Waals surface area (Å²) in [5.74, 6) is 2.87. The van der Waals surface area contributed by atoms with E-state index in [1.807, 2.05) is 0 Å². The Morgan fingerprint density at radius 3 is 2.73 bits per heavy atom. The molecule has 0 N–H and O–H groups in total. The SMILES string of the molecule is CC1=CC[C@@]2(C)CC[C@H](C(C)C)[C@@H]2CC1. The molecular weight excluding hydrogens is 180 g/mol. The Kier molecular flexibility index (Phi) is 2.96. The molecule has 0 aromatic heterocycles. The van der Waals surface area contributed by atoms with Crippen LogP contribution in [0.25, 0.3) is 0 Å². The van der Waals surface area contributed by atoms with Gasteiger partial charge in [-0.2, -0.15) is 0 Å². The van der Waals surface area contributed by atoms with Crippen molar-refractivity contribution in [2.24, 2.45) is 23.2 Å². The molecule has 0 amide bonds. The zero-order valence-corrected chi connectivity index (χ0v) is 10.8. The Labute approximate surface area is 95.1 Å². The van der Waals surface area contributed by atoms with Crippen molar-refractivity contribution in [3.05, 3.63) is 11.6 Å². The molecular formula is C15H26. The minimum atomic E-state index is 0.632. The number of hydrogen-bond donors (Lipinski definition) is 0. The standard InChI is InChI=1S/C15H26/c1-11(2)13-8-10-15(4)9-7-12(3)5-6-14(13)15/h7,11,13-14H,5-6,8-10H2,1-4H3/t13-,14+,15+/m1/s1. The molecule has 1 fully saturated rings. The molecule has 2 rings (SSSR count). The van der Waals surface area contributed by atoms with Gasteiger partial charge in [-0.15, -0.1) is 0 Å². The van der Waals surface area contributed by atoms with Crippen LogP contribution in [0, 0.1) is 23.2 Å². The molecule has 0 radical (unpaired) electrons. The van der Waals surface area contributed by atoms with E-state index in [1.165, 1.54) is 32.1 Å². The second-order valence-electron chi connectivity index (χ2n) is 6.50. The lowest BCUT2D eigenvalue weighted by Gasteiger charge is -2.33. The molecule has 0 aromatic carbocycles. The Hall–Kier alpha value is -0.260. The largest absolute Gasteiger partial charge is 0.0851 e. The first-order valence-corrected chi connectivity index (χ1v) is 6.68. The molecule has 3 atom stereocenters. The highest BCUT2D eigenvalue weighted by Gasteiger charge is 2.45. The Morgan fingerprint density at radius 1 is 1.33 bits per heavy atom. The van der Waals surface area contributed by atoms with Gasteiger partial charge in [-0.3, -0.25) is 0 Å². The van der Waals surface area contributed by atoms with E-state index in [4.69, 9.17) is 0 Å². The van der Waals surface area contributed by atoms with Crippen molar-refractivity contribution in [2.45, 2.75) is 59.8 Å². The third-order valence-corrected chi connectivity index (χ3v) is 5.08. The first kappa shape index (κ1) is 11.2. The normalized spacial score (nSPS) is 41.3. The van der Waals surface area contributed by atoms with Gasteiger partial charge in [0.2, 0.25) is 0 Å². The molecule has 0 bridgehead atoms. The predicted octanol–water partition coefficient (Wildman–Crippen LogP) is 4.81. The highest BCUT2D eigenvalue weighted by molar-refractivity contribution is 5.08. The number of allylic oxidation sites excluding steroid dienone is 2. The van der Waals surface area contributed by atoms with Crippen LogP contribution in [0.15, 0.2) is 11.6 Å². The molecule has 0 aliphatic heterocycles. The first-order chi connectivity index (χ1) is 7.03. The van der Waals surface area contributed by atoms with Gasteiger partial charge in [0.15, 0.2) is 0 Å². The van der Waals surface area contributed by atoms with Crippen molar-refractivity contribution < 1.29 is 0 Å². The van der Waals surface area contributed by atoms with Crippen molar-refractivity contribution in [1.82, 2.24) is 0 Å². The molecule has 0 nitrogen and oxygen atoms in total. The summed E-state index contributed by atoms with van der Waals surface area (Å²) < 4.78 is 0. The topological polar surface area (TPSA) is 0 Å². The predicted molar refractivity (Wildman–Crippen MR) is 66.8 cm³/mol. The van der Waals surface area contributed by atoms with Gasteiger partial charge in [0.1, 0.15) is 0 Å². The third-order valence-electron chi connectivity index (χ3n) is 5.08. The fourth-order valence-corrected chi connectivity index (χ4v) is 3.91. The molecule has 0 aromatic rings. The molecule has 1 saturated carbocycles. The van der Waals surface area contributed by atoms with Gasteiger partial charge in [0.05, 0.1) is 0 Å². The van der Waals surface area contributed by atoms with E-state index in [9.17, 15) is 0 Å². The van der Waals surface area contributed by atoms with Crippen LogP contribution in [-0.2, 0) is 0 Å². The van der Waals surface area contributed by atoms with E-state index < -0.39 is 0 Å². The van der Waals surface area contributed by atoms with Crippen molar-refractivity contribution in [1.29, 1.82) is 0 Å². The monoisotopic (exact) mass is 206 g/mol. The van der Waals surface area contributed by atoms with Gasteiger partial charge in [-0.25, -0.2) is 0 Å². The average molecular weight is 206 g/mol. The molecule has 0 saturated heterocycles. The van der Waals surface area contributed by atoms with Crippen LogP contribution < -0.4 is 0 Å². The van der Waals surface area contributed by atoms with Crippen LogP contribution in [0.5, 0.6) is 0 Å². The molecule has 0 heteroatoms. The zero-order valence-electron chi connectivity index (χ0n) is 10.8. The lowest BCUT2D eigenvalue weighted by Crippen LogP contribution is -2.26. The summed E-state index contributed by atoms with van der Waals surface area (Å²) in [7, 11) is 0.